The first-order valence-electron chi connectivity index (χ1n) is 13.0. The van der Waals surface area contributed by atoms with Crippen molar-refractivity contribution in [2.45, 2.75) is 90.1 Å². The van der Waals surface area contributed by atoms with E-state index in [1.54, 1.807) is 0 Å². The number of aromatic nitrogens is 3. The monoisotopic (exact) mass is 447 g/mol. The van der Waals surface area contributed by atoms with Crippen LogP contribution >= 0.6 is 0 Å². The molecule has 1 aliphatic heterocycles. The van der Waals surface area contributed by atoms with Crippen molar-refractivity contribution in [2.75, 3.05) is 45.9 Å². The average molecular weight is 448 g/mol. The van der Waals surface area contributed by atoms with Crippen molar-refractivity contribution in [3.8, 4) is 0 Å². The summed E-state index contributed by atoms with van der Waals surface area (Å²) >= 11 is 0. The minimum absolute atomic E-state index is 0.252. The highest BCUT2D eigenvalue weighted by Crippen LogP contribution is 2.35. The highest BCUT2D eigenvalue weighted by molar-refractivity contribution is 5.79. The summed E-state index contributed by atoms with van der Waals surface area (Å²) in [7, 11) is 0. The number of piperidine rings is 1. The predicted octanol–water partition coefficient (Wildman–Crippen LogP) is 2.99. The molecule has 2 aliphatic rings. The van der Waals surface area contributed by atoms with Crippen LogP contribution in [-0.2, 0) is 17.7 Å². The van der Waals surface area contributed by atoms with E-state index in [1.807, 2.05) is 13.3 Å². The number of guanidine groups is 1. The van der Waals surface area contributed by atoms with Gasteiger partial charge in [0.2, 0.25) is 0 Å². The maximum absolute atomic E-state index is 5.50. The van der Waals surface area contributed by atoms with E-state index in [0.29, 0.717) is 0 Å². The number of nitrogens with zero attached hydrogens (tertiary/aromatic N) is 5. The van der Waals surface area contributed by atoms with Crippen LogP contribution in [0.3, 0.4) is 0 Å². The van der Waals surface area contributed by atoms with E-state index < -0.39 is 0 Å². The van der Waals surface area contributed by atoms with Crippen molar-refractivity contribution in [2.24, 2.45) is 4.99 Å². The third kappa shape index (κ3) is 7.44. The number of aliphatic imine (C=N–C) groups is 1. The van der Waals surface area contributed by atoms with Crippen molar-refractivity contribution in [1.29, 1.82) is 0 Å². The van der Waals surface area contributed by atoms with E-state index in [2.05, 4.69) is 37.2 Å². The zero-order chi connectivity index (χ0) is 22.5. The number of aryl methyl sites for hydroxylation is 1. The molecule has 182 valence electrons. The quantitative estimate of drug-likeness (QED) is 0.291. The molecule has 2 heterocycles. The molecule has 32 heavy (non-hydrogen) atoms. The average Bonchev–Trinajstić information content (AvgIpc) is 3.30. The standard InChI is InChI=1S/C24H45N7O/c1-3-22-29-28-21-30(22)18-15-26-23(25-14-11-19-32-4-2)27-20-24(12-7-5-8-13-24)31-16-9-6-10-17-31/h21H,3-20H2,1-2H3,(H2,25,26,27). The van der Waals surface area contributed by atoms with E-state index in [9.17, 15) is 0 Å². The Bertz CT molecular complexity index is 663. The van der Waals surface area contributed by atoms with Gasteiger partial charge in [-0.2, -0.15) is 0 Å². The van der Waals surface area contributed by atoms with E-state index >= 15 is 0 Å². The summed E-state index contributed by atoms with van der Waals surface area (Å²) in [5.74, 6) is 1.95. The summed E-state index contributed by atoms with van der Waals surface area (Å²) in [5.41, 5.74) is 0.252. The molecule has 8 heteroatoms. The molecule has 0 aromatic carbocycles. The minimum atomic E-state index is 0.252. The zero-order valence-electron chi connectivity index (χ0n) is 20.4. The van der Waals surface area contributed by atoms with E-state index in [0.717, 1.165) is 64.0 Å². The Kier molecular flexibility index (Phi) is 10.8. The second-order valence-electron chi connectivity index (χ2n) is 9.20. The Hall–Kier alpha value is -1.67. The fourth-order valence-electron chi connectivity index (χ4n) is 5.11. The van der Waals surface area contributed by atoms with Gasteiger partial charge in [0.1, 0.15) is 12.2 Å². The highest BCUT2D eigenvalue weighted by Gasteiger charge is 2.38. The molecular weight excluding hydrogens is 402 g/mol. The van der Waals surface area contributed by atoms with Crippen molar-refractivity contribution < 1.29 is 4.74 Å². The van der Waals surface area contributed by atoms with Crippen LogP contribution in [0.4, 0.5) is 0 Å². The van der Waals surface area contributed by atoms with Gasteiger partial charge in [0.05, 0.1) is 6.54 Å². The smallest absolute Gasteiger partial charge is 0.191 e. The Morgan fingerprint density at radius 1 is 1.06 bits per heavy atom. The van der Waals surface area contributed by atoms with Gasteiger partial charge in [-0.25, -0.2) is 0 Å². The van der Waals surface area contributed by atoms with Crippen LogP contribution in [0.1, 0.15) is 77.5 Å². The first-order valence-corrected chi connectivity index (χ1v) is 13.0. The molecule has 3 rings (SSSR count). The van der Waals surface area contributed by atoms with Crippen LogP contribution in [0.25, 0.3) is 0 Å². The SMILES string of the molecule is CCOCCCNC(=NCC1(N2CCCCC2)CCCCC1)NCCn1cnnc1CC. The Morgan fingerprint density at radius 2 is 1.81 bits per heavy atom. The largest absolute Gasteiger partial charge is 0.382 e. The summed E-state index contributed by atoms with van der Waals surface area (Å²) in [5, 5.41) is 15.3. The van der Waals surface area contributed by atoms with Gasteiger partial charge in [0.25, 0.3) is 0 Å². The van der Waals surface area contributed by atoms with Crippen molar-refractivity contribution >= 4 is 5.96 Å². The molecule has 0 atom stereocenters. The van der Waals surface area contributed by atoms with Crippen molar-refractivity contribution in [1.82, 2.24) is 30.3 Å². The van der Waals surface area contributed by atoms with Crippen LogP contribution < -0.4 is 10.6 Å². The van der Waals surface area contributed by atoms with Crippen LogP contribution in [0.2, 0.25) is 0 Å². The number of ether oxygens (including phenoxy) is 1. The lowest BCUT2D eigenvalue weighted by Gasteiger charge is -2.47. The lowest BCUT2D eigenvalue weighted by Crippen LogP contribution is -2.54. The molecule has 2 N–H and O–H groups in total. The van der Waals surface area contributed by atoms with Gasteiger partial charge in [-0.1, -0.05) is 32.6 Å². The third-order valence-corrected chi connectivity index (χ3v) is 6.96. The lowest BCUT2D eigenvalue weighted by atomic mass is 9.79. The first-order chi connectivity index (χ1) is 15.8. The Balaban J connectivity index is 1.61. The molecular formula is C24H45N7O. The molecule has 2 fully saturated rings. The minimum Gasteiger partial charge on any atom is -0.382 e. The second kappa shape index (κ2) is 13.8. The molecule has 0 amide bonds. The van der Waals surface area contributed by atoms with E-state index in [-0.39, 0.29) is 5.54 Å². The Morgan fingerprint density at radius 3 is 2.56 bits per heavy atom. The highest BCUT2D eigenvalue weighted by atomic mass is 16.5. The van der Waals surface area contributed by atoms with Crippen LogP contribution in [0, 0.1) is 0 Å². The molecule has 1 saturated heterocycles. The number of likely N-dealkylation sites (tertiary alicyclic amines) is 1. The summed E-state index contributed by atoms with van der Waals surface area (Å²) in [4.78, 5) is 7.92. The summed E-state index contributed by atoms with van der Waals surface area (Å²) in [6.45, 7) is 11.6. The van der Waals surface area contributed by atoms with Gasteiger partial charge in [-0.05, 0) is 52.1 Å². The number of hydrogen-bond acceptors (Lipinski definition) is 5. The number of hydrogen-bond donors (Lipinski definition) is 2. The summed E-state index contributed by atoms with van der Waals surface area (Å²) in [6.07, 6.45) is 14.4. The first kappa shape index (κ1) is 25.0. The topological polar surface area (TPSA) is 79.6 Å². The van der Waals surface area contributed by atoms with Gasteiger partial charge >= 0.3 is 0 Å². The van der Waals surface area contributed by atoms with Crippen LogP contribution in [0.15, 0.2) is 11.3 Å². The molecule has 0 bridgehead atoms. The molecule has 1 aromatic rings. The van der Waals surface area contributed by atoms with Crippen molar-refractivity contribution in [3.05, 3.63) is 12.2 Å². The lowest BCUT2D eigenvalue weighted by molar-refractivity contribution is 0.0407. The molecule has 8 nitrogen and oxygen atoms in total. The molecule has 0 spiro atoms. The fourth-order valence-corrected chi connectivity index (χ4v) is 5.11. The maximum atomic E-state index is 5.50. The predicted molar refractivity (Wildman–Crippen MR) is 130 cm³/mol. The molecule has 1 aliphatic carbocycles. The molecule has 0 radical (unpaired) electrons. The molecule has 1 aromatic heterocycles. The zero-order valence-corrected chi connectivity index (χ0v) is 20.4. The molecule has 0 unspecified atom stereocenters. The fraction of sp³-hybridized carbons (Fsp3) is 0.875. The van der Waals surface area contributed by atoms with Gasteiger partial charge < -0.3 is 19.9 Å². The third-order valence-electron chi connectivity index (χ3n) is 6.96. The van der Waals surface area contributed by atoms with Gasteiger partial charge in [-0.3, -0.25) is 9.89 Å². The van der Waals surface area contributed by atoms with Crippen LogP contribution in [0.5, 0.6) is 0 Å². The van der Waals surface area contributed by atoms with E-state index in [1.165, 1.54) is 64.5 Å². The molecule has 1 saturated carbocycles. The van der Waals surface area contributed by atoms with Gasteiger partial charge in [0, 0.05) is 44.8 Å². The number of nitrogens with one attached hydrogen (secondary N) is 2. The van der Waals surface area contributed by atoms with Crippen molar-refractivity contribution in [3.63, 3.8) is 0 Å². The number of rotatable bonds is 12. The van der Waals surface area contributed by atoms with Gasteiger partial charge in [-0.15, -0.1) is 10.2 Å². The second-order valence-corrected chi connectivity index (χ2v) is 9.20. The van der Waals surface area contributed by atoms with Crippen LogP contribution in [-0.4, -0.2) is 77.1 Å². The Labute approximate surface area is 194 Å². The maximum Gasteiger partial charge on any atom is 0.191 e. The van der Waals surface area contributed by atoms with Gasteiger partial charge in [0.15, 0.2) is 5.96 Å². The van der Waals surface area contributed by atoms with E-state index in [4.69, 9.17) is 9.73 Å². The summed E-state index contributed by atoms with van der Waals surface area (Å²) < 4.78 is 7.62. The summed E-state index contributed by atoms with van der Waals surface area (Å²) in [6, 6.07) is 0. The normalized spacial score (nSPS) is 19.8.